The van der Waals surface area contributed by atoms with Crippen LogP contribution in [-0.2, 0) is 4.79 Å². The second-order valence-electron chi connectivity index (χ2n) is 7.41. The predicted molar refractivity (Wildman–Crippen MR) is 79.4 cm³/mol. The van der Waals surface area contributed by atoms with E-state index >= 15 is 0 Å². The van der Waals surface area contributed by atoms with Gasteiger partial charge in [-0.05, 0) is 37.5 Å². The summed E-state index contributed by atoms with van der Waals surface area (Å²) in [4.78, 5) is 26.8. The van der Waals surface area contributed by atoms with Gasteiger partial charge in [-0.15, -0.1) is 0 Å². The molecule has 0 unspecified atom stereocenters. The van der Waals surface area contributed by atoms with Crippen LogP contribution in [0.1, 0.15) is 44.9 Å². The van der Waals surface area contributed by atoms with Gasteiger partial charge in [-0.2, -0.15) is 0 Å². The normalized spacial score (nSPS) is 27.4. The fraction of sp³-hybridized carbons (Fsp3) is 0.875. The maximum Gasteiger partial charge on any atom is 0.407 e. The monoisotopic (exact) mass is 330 g/mol. The summed E-state index contributed by atoms with van der Waals surface area (Å²) in [5, 5.41) is 9.02. The first-order valence-corrected chi connectivity index (χ1v) is 8.45. The molecule has 130 valence electrons. The van der Waals surface area contributed by atoms with E-state index < -0.39 is 12.0 Å². The summed E-state index contributed by atoms with van der Waals surface area (Å²) in [5.41, 5.74) is 0.0280. The molecule has 0 bridgehead atoms. The van der Waals surface area contributed by atoms with Crippen LogP contribution in [0.25, 0.3) is 0 Å². The number of amides is 2. The molecule has 1 N–H and O–H groups in total. The molecule has 7 heteroatoms. The molecule has 2 heterocycles. The van der Waals surface area contributed by atoms with Gasteiger partial charge in [0, 0.05) is 44.9 Å². The lowest BCUT2D eigenvalue weighted by Gasteiger charge is -2.38. The minimum absolute atomic E-state index is 0.0260. The molecule has 1 spiro atoms. The molecule has 0 aromatic carbocycles. The number of rotatable bonds is 1. The van der Waals surface area contributed by atoms with Crippen LogP contribution >= 0.6 is 0 Å². The molecular formula is C16H24F2N2O3. The third kappa shape index (κ3) is 3.43. The standard InChI is InChI=1S/C16H24F2N2O3/c17-16(18)3-1-12(2-4-16)13(21)20-10-7-15(11-20)5-8-19(9-6-15)14(22)23/h12H,1-11H2,(H,22,23). The number of nitrogens with zero attached hydrogens (tertiary/aromatic N) is 2. The number of halogens is 2. The summed E-state index contributed by atoms with van der Waals surface area (Å²) in [5.74, 6) is -2.84. The zero-order valence-corrected chi connectivity index (χ0v) is 13.3. The number of carbonyl (C=O) groups excluding carboxylic acids is 1. The lowest BCUT2D eigenvalue weighted by atomic mass is 9.78. The number of carboxylic acid groups (broad SMARTS) is 1. The molecule has 1 aliphatic carbocycles. The first kappa shape index (κ1) is 16.5. The van der Waals surface area contributed by atoms with Gasteiger partial charge in [-0.25, -0.2) is 13.6 Å². The van der Waals surface area contributed by atoms with Gasteiger partial charge in [0.2, 0.25) is 11.8 Å². The molecule has 3 aliphatic rings. The Labute approximate surface area is 134 Å². The van der Waals surface area contributed by atoms with Crippen molar-refractivity contribution in [3.8, 4) is 0 Å². The van der Waals surface area contributed by atoms with Crippen LogP contribution in [0.4, 0.5) is 13.6 Å². The zero-order valence-electron chi connectivity index (χ0n) is 13.3. The molecule has 2 aliphatic heterocycles. The summed E-state index contributed by atoms with van der Waals surface area (Å²) in [7, 11) is 0. The quantitative estimate of drug-likeness (QED) is 0.804. The van der Waals surface area contributed by atoms with Gasteiger partial charge in [-0.3, -0.25) is 4.79 Å². The topological polar surface area (TPSA) is 60.9 Å². The molecule has 23 heavy (non-hydrogen) atoms. The summed E-state index contributed by atoms with van der Waals surface area (Å²) < 4.78 is 26.5. The predicted octanol–water partition coefficient (Wildman–Crippen LogP) is 2.80. The second-order valence-corrected chi connectivity index (χ2v) is 7.41. The van der Waals surface area contributed by atoms with Crippen LogP contribution in [-0.4, -0.2) is 59.0 Å². The van der Waals surface area contributed by atoms with Crippen molar-refractivity contribution >= 4 is 12.0 Å². The number of carbonyl (C=O) groups is 2. The Morgan fingerprint density at radius 1 is 0.913 bits per heavy atom. The van der Waals surface area contributed by atoms with Crippen LogP contribution in [0.3, 0.4) is 0 Å². The van der Waals surface area contributed by atoms with E-state index in [0.717, 1.165) is 19.3 Å². The van der Waals surface area contributed by atoms with Crippen molar-refractivity contribution in [3.63, 3.8) is 0 Å². The smallest absolute Gasteiger partial charge is 0.407 e. The molecule has 1 saturated carbocycles. The number of hydrogen-bond acceptors (Lipinski definition) is 2. The highest BCUT2D eigenvalue weighted by Crippen LogP contribution is 2.42. The maximum absolute atomic E-state index is 13.2. The van der Waals surface area contributed by atoms with Gasteiger partial charge in [0.15, 0.2) is 0 Å². The van der Waals surface area contributed by atoms with Gasteiger partial charge in [0.1, 0.15) is 0 Å². The lowest BCUT2D eigenvalue weighted by molar-refractivity contribution is -0.139. The summed E-state index contributed by atoms with van der Waals surface area (Å²) in [6.07, 6.45) is 1.78. The van der Waals surface area contributed by atoms with E-state index in [1.807, 2.05) is 4.90 Å². The Balaban J connectivity index is 1.54. The average molecular weight is 330 g/mol. The van der Waals surface area contributed by atoms with E-state index in [4.69, 9.17) is 5.11 Å². The van der Waals surface area contributed by atoms with Crippen LogP contribution < -0.4 is 0 Å². The Bertz CT molecular complexity index is 480. The van der Waals surface area contributed by atoms with E-state index in [9.17, 15) is 18.4 Å². The van der Waals surface area contributed by atoms with Crippen LogP contribution in [0.2, 0.25) is 0 Å². The fourth-order valence-electron chi connectivity index (χ4n) is 4.25. The third-order valence-corrected chi connectivity index (χ3v) is 5.91. The van der Waals surface area contributed by atoms with Gasteiger partial charge in [0.25, 0.3) is 0 Å². The minimum Gasteiger partial charge on any atom is -0.465 e. The highest BCUT2D eigenvalue weighted by molar-refractivity contribution is 5.79. The van der Waals surface area contributed by atoms with E-state index in [-0.39, 0.29) is 42.9 Å². The Hall–Kier alpha value is -1.40. The van der Waals surface area contributed by atoms with E-state index in [2.05, 4.69) is 0 Å². The number of piperidine rings is 1. The van der Waals surface area contributed by atoms with Gasteiger partial charge in [-0.1, -0.05) is 0 Å². The molecule has 0 radical (unpaired) electrons. The van der Waals surface area contributed by atoms with E-state index in [0.29, 0.717) is 26.2 Å². The molecular weight excluding hydrogens is 306 g/mol. The van der Waals surface area contributed by atoms with Crippen molar-refractivity contribution < 1.29 is 23.5 Å². The Kier molecular flexibility index (Phi) is 4.23. The Morgan fingerprint density at radius 3 is 1.96 bits per heavy atom. The second kappa shape index (κ2) is 5.91. The molecule has 5 nitrogen and oxygen atoms in total. The van der Waals surface area contributed by atoms with Crippen molar-refractivity contribution in [1.82, 2.24) is 9.80 Å². The molecule has 2 saturated heterocycles. The molecule has 3 rings (SSSR count). The molecule has 0 atom stereocenters. The van der Waals surface area contributed by atoms with Gasteiger partial charge >= 0.3 is 6.09 Å². The largest absolute Gasteiger partial charge is 0.465 e. The first-order valence-electron chi connectivity index (χ1n) is 8.45. The summed E-state index contributed by atoms with van der Waals surface area (Å²) in [6, 6.07) is 0. The van der Waals surface area contributed by atoms with Gasteiger partial charge < -0.3 is 14.9 Å². The first-order chi connectivity index (χ1) is 10.8. The molecule has 2 amide bonds. The molecule has 3 fully saturated rings. The zero-order chi connectivity index (χ0) is 16.7. The average Bonchev–Trinajstić information content (AvgIpc) is 2.91. The summed E-state index contributed by atoms with van der Waals surface area (Å²) >= 11 is 0. The summed E-state index contributed by atoms with van der Waals surface area (Å²) in [6.45, 7) is 2.38. The SMILES string of the molecule is O=C(O)N1CCC2(CC1)CCN(C(=O)C1CCC(F)(F)CC1)C2. The molecule has 0 aromatic rings. The fourth-order valence-corrected chi connectivity index (χ4v) is 4.25. The van der Waals surface area contributed by atoms with Crippen LogP contribution in [0.15, 0.2) is 0 Å². The number of hydrogen-bond donors (Lipinski definition) is 1. The Morgan fingerprint density at radius 2 is 1.43 bits per heavy atom. The molecule has 0 aromatic heterocycles. The number of alkyl halides is 2. The van der Waals surface area contributed by atoms with Crippen molar-refractivity contribution in [2.24, 2.45) is 11.3 Å². The minimum atomic E-state index is -2.60. The van der Waals surface area contributed by atoms with Crippen molar-refractivity contribution in [3.05, 3.63) is 0 Å². The number of likely N-dealkylation sites (tertiary alicyclic amines) is 2. The van der Waals surface area contributed by atoms with E-state index in [1.165, 1.54) is 4.90 Å². The van der Waals surface area contributed by atoms with Crippen LogP contribution in [0.5, 0.6) is 0 Å². The van der Waals surface area contributed by atoms with Crippen molar-refractivity contribution in [2.45, 2.75) is 50.9 Å². The maximum atomic E-state index is 13.2. The third-order valence-electron chi connectivity index (χ3n) is 5.91. The van der Waals surface area contributed by atoms with Crippen LogP contribution in [0, 0.1) is 11.3 Å². The highest BCUT2D eigenvalue weighted by Gasteiger charge is 2.45. The van der Waals surface area contributed by atoms with Gasteiger partial charge in [0.05, 0.1) is 0 Å². The van der Waals surface area contributed by atoms with Crippen molar-refractivity contribution in [1.29, 1.82) is 0 Å². The lowest BCUT2D eigenvalue weighted by Crippen LogP contribution is -2.45. The highest BCUT2D eigenvalue weighted by atomic mass is 19.3. The van der Waals surface area contributed by atoms with E-state index in [1.54, 1.807) is 0 Å². The van der Waals surface area contributed by atoms with Crippen molar-refractivity contribution in [2.75, 3.05) is 26.2 Å².